The summed E-state index contributed by atoms with van der Waals surface area (Å²) in [7, 11) is 0. The van der Waals surface area contributed by atoms with Gasteiger partial charge in [-0.25, -0.2) is 13.2 Å². The standard InChI is InChI=1S/C12H14F3NO2S/c13-8-1-3-9(4-2-8)19-6-5-11(18)16-7-10(17)12(14)15/h1-4,10,12,17H,5-7H2,(H,16,18). The average Bonchev–Trinajstić information content (AvgIpc) is 2.38. The van der Waals surface area contributed by atoms with Gasteiger partial charge in [0.1, 0.15) is 11.9 Å². The first-order chi connectivity index (χ1) is 8.99. The summed E-state index contributed by atoms with van der Waals surface area (Å²) in [5.41, 5.74) is 0. The van der Waals surface area contributed by atoms with Gasteiger partial charge in [-0.2, -0.15) is 0 Å². The molecule has 0 fully saturated rings. The number of carbonyl (C=O) groups is 1. The molecule has 0 saturated carbocycles. The molecule has 0 aliphatic carbocycles. The number of amides is 1. The Morgan fingerprint density at radius 3 is 2.53 bits per heavy atom. The van der Waals surface area contributed by atoms with Gasteiger partial charge in [0, 0.05) is 23.6 Å². The van der Waals surface area contributed by atoms with E-state index in [4.69, 9.17) is 5.11 Å². The molecule has 0 aliphatic rings. The first-order valence-corrected chi connectivity index (χ1v) is 6.59. The lowest BCUT2D eigenvalue weighted by Gasteiger charge is -2.10. The zero-order chi connectivity index (χ0) is 14.3. The van der Waals surface area contributed by atoms with Gasteiger partial charge in [0.25, 0.3) is 6.43 Å². The fourth-order valence-corrected chi connectivity index (χ4v) is 2.04. The van der Waals surface area contributed by atoms with E-state index in [9.17, 15) is 18.0 Å². The lowest BCUT2D eigenvalue weighted by Crippen LogP contribution is -2.35. The average molecular weight is 293 g/mol. The number of benzene rings is 1. The Kier molecular flexibility index (Phi) is 6.72. The van der Waals surface area contributed by atoms with Gasteiger partial charge in [0.2, 0.25) is 5.91 Å². The number of alkyl halides is 2. The van der Waals surface area contributed by atoms with Crippen molar-refractivity contribution in [3.8, 4) is 0 Å². The maximum atomic E-state index is 12.6. The van der Waals surface area contributed by atoms with Gasteiger partial charge in [-0.3, -0.25) is 4.79 Å². The normalized spacial score (nSPS) is 12.5. The quantitative estimate of drug-likeness (QED) is 0.757. The molecule has 3 nitrogen and oxygen atoms in total. The van der Waals surface area contributed by atoms with Crippen molar-refractivity contribution in [1.82, 2.24) is 5.32 Å². The molecule has 1 amide bonds. The van der Waals surface area contributed by atoms with Crippen LogP contribution in [0.3, 0.4) is 0 Å². The third kappa shape index (κ3) is 6.49. The van der Waals surface area contributed by atoms with E-state index in [1.807, 2.05) is 0 Å². The predicted octanol–water partition coefficient (Wildman–Crippen LogP) is 2.05. The van der Waals surface area contributed by atoms with Gasteiger partial charge in [-0.15, -0.1) is 11.8 Å². The molecule has 0 bridgehead atoms. The molecule has 0 spiro atoms. The Labute approximate surface area is 113 Å². The van der Waals surface area contributed by atoms with Crippen LogP contribution in [-0.4, -0.2) is 35.8 Å². The van der Waals surface area contributed by atoms with Crippen LogP contribution in [0.2, 0.25) is 0 Å². The number of halogens is 3. The van der Waals surface area contributed by atoms with Crippen molar-refractivity contribution >= 4 is 17.7 Å². The van der Waals surface area contributed by atoms with E-state index < -0.39 is 25.0 Å². The maximum Gasteiger partial charge on any atom is 0.265 e. The number of nitrogens with one attached hydrogen (secondary N) is 1. The highest BCUT2D eigenvalue weighted by Gasteiger charge is 2.17. The lowest BCUT2D eigenvalue weighted by atomic mass is 10.3. The highest BCUT2D eigenvalue weighted by molar-refractivity contribution is 7.99. The number of carbonyl (C=O) groups excluding carboxylic acids is 1. The predicted molar refractivity (Wildman–Crippen MR) is 66.8 cm³/mol. The molecule has 0 heterocycles. The first-order valence-electron chi connectivity index (χ1n) is 5.60. The van der Waals surface area contributed by atoms with Crippen molar-refractivity contribution in [2.45, 2.75) is 23.8 Å². The van der Waals surface area contributed by atoms with Crippen LogP contribution in [0.25, 0.3) is 0 Å². The molecule has 1 rings (SSSR count). The van der Waals surface area contributed by atoms with E-state index in [1.54, 1.807) is 12.1 Å². The Morgan fingerprint density at radius 1 is 1.32 bits per heavy atom. The number of aliphatic hydroxyl groups is 1. The van der Waals surface area contributed by atoms with Crippen molar-refractivity contribution < 1.29 is 23.1 Å². The molecule has 0 aliphatic heterocycles. The summed E-state index contributed by atoms with van der Waals surface area (Å²) in [6.07, 6.45) is -4.57. The highest BCUT2D eigenvalue weighted by atomic mass is 32.2. The topological polar surface area (TPSA) is 49.3 Å². The van der Waals surface area contributed by atoms with Crippen LogP contribution < -0.4 is 5.32 Å². The minimum atomic E-state index is -2.87. The molecule has 0 aromatic heterocycles. The Bertz CT molecular complexity index is 400. The highest BCUT2D eigenvalue weighted by Crippen LogP contribution is 2.18. The molecule has 1 aromatic carbocycles. The SMILES string of the molecule is O=C(CCSc1ccc(F)cc1)NCC(O)C(F)F. The third-order valence-corrected chi connectivity index (χ3v) is 3.22. The van der Waals surface area contributed by atoms with Crippen LogP contribution in [0, 0.1) is 5.82 Å². The van der Waals surface area contributed by atoms with Gasteiger partial charge in [-0.1, -0.05) is 0 Å². The zero-order valence-electron chi connectivity index (χ0n) is 9.98. The second-order valence-electron chi connectivity index (χ2n) is 3.76. The van der Waals surface area contributed by atoms with Gasteiger partial charge >= 0.3 is 0 Å². The summed E-state index contributed by atoms with van der Waals surface area (Å²) in [5, 5.41) is 11.0. The van der Waals surface area contributed by atoms with Gasteiger partial charge < -0.3 is 10.4 Å². The molecule has 1 aromatic rings. The summed E-state index contributed by atoms with van der Waals surface area (Å²) >= 11 is 1.36. The number of hydrogen-bond acceptors (Lipinski definition) is 3. The van der Waals surface area contributed by atoms with Crippen molar-refractivity contribution in [3.05, 3.63) is 30.1 Å². The summed E-state index contributed by atoms with van der Waals surface area (Å²) < 4.78 is 36.5. The van der Waals surface area contributed by atoms with Gasteiger partial charge in [-0.05, 0) is 24.3 Å². The smallest absolute Gasteiger partial charge is 0.265 e. The van der Waals surface area contributed by atoms with Crippen molar-refractivity contribution in [3.63, 3.8) is 0 Å². The number of thioether (sulfide) groups is 1. The molecule has 19 heavy (non-hydrogen) atoms. The Morgan fingerprint density at radius 2 is 1.95 bits per heavy atom. The van der Waals surface area contributed by atoms with E-state index in [0.717, 1.165) is 4.90 Å². The third-order valence-electron chi connectivity index (χ3n) is 2.21. The summed E-state index contributed by atoms with van der Waals surface area (Å²) in [5.74, 6) is -0.292. The van der Waals surface area contributed by atoms with E-state index in [-0.39, 0.29) is 12.2 Å². The van der Waals surface area contributed by atoms with Crippen LogP contribution in [0.1, 0.15) is 6.42 Å². The minimum Gasteiger partial charge on any atom is -0.385 e. The molecule has 1 atom stereocenters. The molecule has 0 radical (unpaired) electrons. The molecule has 2 N–H and O–H groups in total. The summed E-state index contributed by atoms with van der Waals surface area (Å²) in [6, 6.07) is 5.83. The maximum absolute atomic E-state index is 12.6. The zero-order valence-corrected chi connectivity index (χ0v) is 10.8. The van der Waals surface area contributed by atoms with Gasteiger partial charge in [0.05, 0.1) is 0 Å². The lowest BCUT2D eigenvalue weighted by molar-refractivity contribution is -0.121. The minimum absolute atomic E-state index is 0.137. The van der Waals surface area contributed by atoms with Crippen molar-refractivity contribution in [2.24, 2.45) is 0 Å². The number of aliphatic hydroxyl groups excluding tert-OH is 1. The fraction of sp³-hybridized carbons (Fsp3) is 0.417. The van der Waals surface area contributed by atoms with Crippen LogP contribution >= 0.6 is 11.8 Å². The van der Waals surface area contributed by atoms with Crippen molar-refractivity contribution in [1.29, 1.82) is 0 Å². The Balaban J connectivity index is 2.18. The summed E-state index contributed by atoms with van der Waals surface area (Å²) in [6.45, 7) is -0.461. The van der Waals surface area contributed by atoms with Crippen molar-refractivity contribution in [2.75, 3.05) is 12.3 Å². The monoisotopic (exact) mass is 293 g/mol. The summed E-state index contributed by atoms with van der Waals surface area (Å²) in [4.78, 5) is 12.1. The van der Waals surface area contributed by atoms with Crippen LogP contribution in [0.15, 0.2) is 29.2 Å². The second-order valence-corrected chi connectivity index (χ2v) is 4.93. The second kappa shape index (κ2) is 8.06. The van der Waals surface area contributed by atoms with E-state index in [1.165, 1.54) is 23.9 Å². The van der Waals surface area contributed by atoms with E-state index >= 15 is 0 Å². The molecule has 0 saturated heterocycles. The molecular formula is C12H14F3NO2S. The Hall–Kier alpha value is -1.21. The van der Waals surface area contributed by atoms with Crippen LogP contribution in [-0.2, 0) is 4.79 Å². The van der Waals surface area contributed by atoms with Crippen LogP contribution in [0.5, 0.6) is 0 Å². The molecule has 1 unspecified atom stereocenters. The molecule has 7 heteroatoms. The number of hydrogen-bond donors (Lipinski definition) is 2. The van der Waals surface area contributed by atoms with Crippen LogP contribution in [0.4, 0.5) is 13.2 Å². The van der Waals surface area contributed by atoms with E-state index in [0.29, 0.717) is 5.75 Å². The fourth-order valence-electron chi connectivity index (χ4n) is 1.19. The first kappa shape index (κ1) is 15.8. The number of rotatable bonds is 7. The largest absolute Gasteiger partial charge is 0.385 e. The molecular weight excluding hydrogens is 279 g/mol. The molecule has 106 valence electrons. The van der Waals surface area contributed by atoms with E-state index in [2.05, 4.69) is 5.32 Å². The van der Waals surface area contributed by atoms with Gasteiger partial charge in [0.15, 0.2) is 0 Å².